The molecule has 3 heterocycles. The molecular weight excluding hydrogens is 676 g/mol. The summed E-state index contributed by atoms with van der Waals surface area (Å²) in [7, 11) is 1.60. The molecule has 268 valence electrons. The molecule has 1 amide bonds. The molecule has 9 nitrogen and oxygen atoms in total. The predicted molar refractivity (Wildman–Crippen MR) is 206 cm³/mol. The fourth-order valence-electron chi connectivity index (χ4n) is 6.95. The van der Waals surface area contributed by atoms with Crippen molar-refractivity contribution in [2.75, 3.05) is 26.9 Å². The second kappa shape index (κ2) is 16.5. The fourth-order valence-corrected chi connectivity index (χ4v) is 7.12. The zero-order valence-corrected chi connectivity index (χ0v) is 30.2. The van der Waals surface area contributed by atoms with Crippen molar-refractivity contribution in [1.82, 2.24) is 14.5 Å². The Morgan fingerprint density at radius 3 is 2.29 bits per heavy atom. The molecule has 52 heavy (non-hydrogen) atoms. The van der Waals surface area contributed by atoms with Gasteiger partial charge in [0, 0.05) is 29.4 Å². The van der Waals surface area contributed by atoms with Gasteiger partial charge in [-0.1, -0.05) is 74.0 Å². The Morgan fingerprint density at radius 1 is 0.808 bits per heavy atom. The lowest BCUT2D eigenvalue weighted by molar-refractivity contribution is 0.0774. The van der Waals surface area contributed by atoms with Crippen LogP contribution in [-0.2, 0) is 0 Å². The molecule has 0 N–H and O–H groups in total. The van der Waals surface area contributed by atoms with Crippen LogP contribution in [0.3, 0.4) is 0 Å². The summed E-state index contributed by atoms with van der Waals surface area (Å²) in [5, 5.41) is 0.965. The van der Waals surface area contributed by atoms with Gasteiger partial charge >= 0.3 is 0 Å². The van der Waals surface area contributed by atoms with Gasteiger partial charge in [-0.15, -0.1) is 0 Å². The maximum absolute atomic E-state index is 13.7. The van der Waals surface area contributed by atoms with Crippen LogP contribution in [0.15, 0.2) is 94.7 Å². The van der Waals surface area contributed by atoms with Crippen molar-refractivity contribution in [1.29, 1.82) is 0 Å². The molecule has 0 spiro atoms. The maximum Gasteiger partial charge on any atom is 0.266 e. The molecule has 1 saturated heterocycles. The minimum atomic E-state index is -0.174. The molecule has 4 aromatic carbocycles. The number of halogens is 1. The van der Waals surface area contributed by atoms with Gasteiger partial charge in [0.15, 0.2) is 11.5 Å². The molecule has 1 fully saturated rings. The number of aromatic nitrogens is 2. The van der Waals surface area contributed by atoms with E-state index < -0.39 is 0 Å². The van der Waals surface area contributed by atoms with Crippen LogP contribution in [0.5, 0.6) is 17.2 Å². The third kappa shape index (κ3) is 7.84. The summed E-state index contributed by atoms with van der Waals surface area (Å²) in [5.41, 5.74) is 3.21. The maximum atomic E-state index is 13.7. The van der Waals surface area contributed by atoms with E-state index in [1.54, 1.807) is 35.9 Å². The zero-order chi connectivity index (χ0) is 35.9. The van der Waals surface area contributed by atoms with Crippen molar-refractivity contribution in [3.63, 3.8) is 0 Å². The van der Waals surface area contributed by atoms with Gasteiger partial charge in [-0.2, -0.15) is 0 Å². The highest BCUT2D eigenvalue weighted by Gasteiger charge is 2.32. The van der Waals surface area contributed by atoms with Gasteiger partial charge in [0.2, 0.25) is 0 Å². The van der Waals surface area contributed by atoms with E-state index in [-0.39, 0.29) is 17.5 Å². The first-order valence-corrected chi connectivity index (χ1v) is 18.6. The smallest absolute Gasteiger partial charge is 0.266 e. The predicted octanol–water partition coefficient (Wildman–Crippen LogP) is 9.22. The number of methoxy groups -OCH3 is 1. The molecule has 10 heteroatoms. The number of aliphatic imine (C=N–C) groups is 1. The molecule has 1 aromatic heterocycles. The van der Waals surface area contributed by atoms with Crippen LogP contribution < -0.4 is 19.8 Å². The van der Waals surface area contributed by atoms with Gasteiger partial charge in [0.25, 0.3) is 11.5 Å². The first-order chi connectivity index (χ1) is 25.5. The Kier molecular flexibility index (Phi) is 11.2. The summed E-state index contributed by atoms with van der Waals surface area (Å²) >= 11 is 6.23. The van der Waals surface area contributed by atoms with Crippen molar-refractivity contribution in [3.05, 3.63) is 106 Å². The van der Waals surface area contributed by atoms with E-state index in [1.807, 2.05) is 71.8 Å². The Bertz CT molecular complexity index is 2120. The number of unbranched alkanes of at least 4 members (excludes halogenated alkanes) is 6. The van der Waals surface area contributed by atoms with E-state index in [9.17, 15) is 9.59 Å². The average Bonchev–Trinajstić information content (AvgIpc) is 3.61. The number of nitrogens with zero attached hydrogens (tertiary/aromatic N) is 4. The number of hydrogen-bond acceptors (Lipinski definition) is 7. The van der Waals surface area contributed by atoms with Gasteiger partial charge in [0.1, 0.15) is 11.6 Å². The number of hydrogen-bond donors (Lipinski definition) is 0. The van der Waals surface area contributed by atoms with Gasteiger partial charge in [0.05, 0.1) is 54.2 Å². The number of ether oxygens (including phenoxy) is 3. The highest BCUT2D eigenvalue weighted by atomic mass is 35.5. The van der Waals surface area contributed by atoms with Crippen molar-refractivity contribution in [2.45, 2.75) is 63.8 Å². The largest absolute Gasteiger partial charge is 0.494 e. The molecule has 0 saturated carbocycles. The van der Waals surface area contributed by atoms with Crippen molar-refractivity contribution in [3.8, 4) is 34.3 Å². The molecule has 0 bridgehead atoms. The summed E-state index contributed by atoms with van der Waals surface area (Å²) < 4.78 is 19.3. The van der Waals surface area contributed by atoms with Crippen molar-refractivity contribution >= 4 is 40.3 Å². The molecular formula is C42H43ClN4O5. The quantitative estimate of drug-likeness (QED) is 0.100. The summed E-state index contributed by atoms with van der Waals surface area (Å²) in [6.07, 6.45) is 11.4. The van der Waals surface area contributed by atoms with E-state index >= 15 is 0 Å². The van der Waals surface area contributed by atoms with Crippen LogP contribution in [0.4, 0.5) is 5.69 Å². The first-order valence-electron chi connectivity index (χ1n) is 18.2. The number of carbonyl (C=O) groups excluding carboxylic acids is 1. The molecule has 1 atom stereocenters. The second-order valence-corrected chi connectivity index (χ2v) is 13.7. The topological polar surface area (TPSA) is 95.2 Å². The number of benzene rings is 4. The van der Waals surface area contributed by atoms with E-state index in [4.69, 9.17) is 30.8 Å². The lowest BCUT2D eigenvalue weighted by Crippen LogP contribution is -2.35. The molecule has 2 aliphatic rings. The van der Waals surface area contributed by atoms with Crippen molar-refractivity contribution < 1.29 is 19.0 Å². The van der Waals surface area contributed by atoms with Crippen LogP contribution in [0.1, 0.15) is 68.1 Å². The van der Waals surface area contributed by atoms with Gasteiger partial charge in [-0.3, -0.25) is 19.1 Å². The molecule has 0 aliphatic carbocycles. The summed E-state index contributed by atoms with van der Waals surface area (Å²) in [4.78, 5) is 38.2. The SMILES string of the molecule is COc1cc2c(cc1OCCCCCCCCCOc1ccc(-n3c(-c4ccccc4)nc4ccc(Cl)cc4c3=O)cc1)N=C[C@@H]1CCCN1C2=O. The van der Waals surface area contributed by atoms with Crippen LogP contribution >= 0.6 is 11.6 Å². The fraction of sp³-hybridized carbons (Fsp3) is 0.333. The first kappa shape index (κ1) is 35.3. The standard InChI is InChI=1S/C42H43ClN4O5/c1-50-38-26-35-37(44-28-32-15-12-22-46(32)41(35)48)27-39(38)52-24-11-6-4-2-3-5-10-23-51-33-19-17-31(18-20-33)47-40(29-13-8-7-9-14-29)45-36-21-16-30(43)25-34(36)42(47)49/h7-9,13-14,16-21,25-28,32H,2-6,10-12,15,22-24H2,1H3/t32-/m0/s1. The van der Waals surface area contributed by atoms with E-state index in [2.05, 4.69) is 4.99 Å². The Morgan fingerprint density at radius 2 is 1.54 bits per heavy atom. The molecule has 7 rings (SSSR count). The lowest BCUT2D eigenvalue weighted by Gasteiger charge is -2.20. The monoisotopic (exact) mass is 718 g/mol. The summed E-state index contributed by atoms with van der Waals surface area (Å²) in [6.45, 7) is 1.99. The molecule has 0 radical (unpaired) electrons. The zero-order valence-electron chi connectivity index (χ0n) is 29.4. The highest BCUT2D eigenvalue weighted by molar-refractivity contribution is 6.31. The number of amides is 1. The highest BCUT2D eigenvalue weighted by Crippen LogP contribution is 2.38. The van der Waals surface area contributed by atoms with Gasteiger partial charge in [-0.25, -0.2) is 4.98 Å². The van der Waals surface area contributed by atoms with Crippen LogP contribution in [0.25, 0.3) is 28.0 Å². The molecule has 5 aromatic rings. The minimum absolute atomic E-state index is 0.0133. The summed E-state index contributed by atoms with van der Waals surface area (Å²) in [6, 6.07) is 26.2. The number of carbonyl (C=O) groups is 1. The average molecular weight is 719 g/mol. The van der Waals surface area contributed by atoms with Crippen LogP contribution in [-0.4, -0.2) is 59.5 Å². The number of fused-ring (bicyclic) bond motifs is 3. The Labute approximate surface area is 308 Å². The van der Waals surface area contributed by atoms with E-state index in [0.717, 1.165) is 75.6 Å². The Balaban J connectivity index is 0.837. The van der Waals surface area contributed by atoms with Gasteiger partial charge < -0.3 is 19.1 Å². The number of rotatable bonds is 15. The summed E-state index contributed by atoms with van der Waals surface area (Å²) in [5.74, 6) is 2.54. The van der Waals surface area contributed by atoms with E-state index in [1.165, 1.54) is 0 Å². The van der Waals surface area contributed by atoms with Crippen LogP contribution in [0, 0.1) is 0 Å². The second-order valence-electron chi connectivity index (χ2n) is 13.3. The van der Waals surface area contributed by atoms with Gasteiger partial charge in [-0.05, 0) is 74.2 Å². The molecule has 0 unspecified atom stereocenters. The van der Waals surface area contributed by atoms with Crippen molar-refractivity contribution in [2.24, 2.45) is 4.99 Å². The Hall–Kier alpha value is -5.15. The lowest BCUT2D eigenvalue weighted by atomic mass is 10.1. The minimum Gasteiger partial charge on any atom is -0.494 e. The third-order valence-corrected chi connectivity index (χ3v) is 9.97. The van der Waals surface area contributed by atoms with E-state index in [0.29, 0.717) is 63.4 Å². The third-order valence-electron chi connectivity index (χ3n) is 9.73. The normalized spacial score (nSPS) is 15.0. The molecule has 2 aliphatic heterocycles. The van der Waals surface area contributed by atoms with Crippen LogP contribution in [0.2, 0.25) is 5.02 Å².